The van der Waals surface area contributed by atoms with Crippen molar-refractivity contribution in [3.63, 3.8) is 0 Å². The topological polar surface area (TPSA) is 46.5 Å². The second-order valence-electron chi connectivity index (χ2n) is 11.1. The van der Waals surface area contributed by atoms with Crippen molar-refractivity contribution in [2.75, 3.05) is 0 Å². The molecule has 1 N–H and O–H groups in total. The summed E-state index contributed by atoms with van der Waals surface area (Å²) in [6.45, 7) is 16.8. The van der Waals surface area contributed by atoms with Crippen molar-refractivity contribution < 1.29 is 5.73 Å². The minimum atomic E-state index is -5.68. The molecule has 3 aromatic rings. The van der Waals surface area contributed by atoms with E-state index in [-0.39, 0.29) is 0 Å². The summed E-state index contributed by atoms with van der Waals surface area (Å²) < 4.78 is 32.8. The predicted molar refractivity (Wildman–Crippen MR) is 168 cm³/mol. The van der Waals surface area contributed by atoms with Gasteiger partial charge in [-0.1, -0.05) is 0 Å². The SMILES string of the molecule is CCC1=C(C)c2cc3c(CC)c(C)c(cc4nc(cc5[nH]c(cc1n2)c(C)c5CC)C(C)=C4CC)[n]3[Sn]([CH3])([F])[F]. The van der Waals surface area contributed by atoms with Gasteiger partial charge < -0.3 is 0 Å². The summed E-state index contributed by atoms with van der Waals surface area (Å²) in [7, 11) is 0. The molecular formula is C33H40F2N4Sn. The van der Waals surface area contributed by atoms with Gasteiger partial charge in [0.25, 0.3) is 0 Å². The first-order valence-electron chi connectivity index (χ1n) is 14.5. The van der Waals surface area contributed by atoms with Gasteiger partial charge >= 0.3 is 243 Å². The Bertz CT molecular complexity index is 1760. The first-order chi connectivity index (χ1) is 18.9. The molecule has 8 bridgehead atoms. The van der Waals surface area contributed by atoms with Crippen LogP contribution in [0.4, 0.5) is 5.73 Å². The van der Waals surface area contributed by atoms with E-state index in [0.29, 0.717) is 17.5 Å². The zero-order valence-corrected chi connectivity index (χ0v) is 28.1. The molecule has 0 saturated carbocycles. The van der Waals surface area contributed by atoms with Crippen LogP contribution in [0.15, 0.2) is 24.3 Å². The van der Waals surface area contributed by atoms with E-state index in [0.717, 1.165) is 86.5 Å². The minimum absolute atomic E-state index is 0.594. The molecule has 5 rings (SSSR count). The summed E-state index contributed by atoms with van der Waals surface area (Å²) in [6.07, 6.45) is 3.16. The molecule has 5 heterocycles. The fourth-order valence-corrected chi connectivity index (χ4v) is 10.2. The summed E-state index contributed by atoms with van der Waals surface area (Å²) in [5, 5.41) is 0. The average molecular weight is 649 g/mol. The zero-order valence-electron chi connectivity index (χ0n) is 25.2. The van der Waals surface area contributed by atoms with Crippen LogP contribution in [-0.2, 0) is 12.8 Å². The van der Waals surface area contributed by atoms with Gasteiger partial charge in [0.15, 0.2) is 0 Å². The van der Waals surface area contributed by atoms with Crippen molar-refractivity contribution in [2.24, 2.45) is 0 Å². The van der Waals surface area contributed by atoms with E-state index in [1.54, 1.807) is 0 Å². The number of fused-ring (bicyclic) bond motifs is 8. The van der Waals surface area contributed by atoms with E-state index in [4.69, 9.17) is 9.97 Å². The number of aromatic nitrogens is 4. The second kappa shape index (κ2) is 10.6. The van der Waals surface area contributed by atoms with Gasteiger partial charge in [-0.05, 0) is 0 Å². The average Bonchev–Trinajstić information content (AvgIpc) is 3.55. The summed E-state index contributed by atoms with van der Waals surface area (Å²) >= 11 is -5.68. The Hall–Kier alpha value is -2.74. The molecule has 0 fully saturated rings. The number of aryl methyl sites for hydroxylation is 4. The number of nitrogens with zero attached hydrogens (tertiary/aromatic N) is 3. The van der Waals surface area contributed by atoms with Crippen LogP contribution in [0.3, 0.4) is 0 Å². The normalized spacial score (nSPS) is 14.1. The first-order valence-corrected chi connectivity index (χ1v) is 20.8. The Morgan fingerprint density at radius 3 is 1.68 bits per heavy atom. The molecule has 0 amide bonds. The van der Waals surface area contributed by atoms with E-state index in [1.165, 1.54) is 18.9 Å². The van der Waals surface area contributed by atoms with Gasteiger partial charge in [0.05, 0.1) is 0 Å². The molecule has 40 heavy (non-hydrogen) atoms. The third kappa shape index (κ3) is 4.56. The maximum absolute atomic E-state index is 15.7. The molecule has 0 saturated heterocycles. The zero-order chi connectivity index (χ0) is 29.1. The van der Waals surface area contributed by atoms with Gasteiger partial charge in [-0.15, -0.1) is 0 Å². The standard InChI is InChI=1S/C32H37N4.CH3.2FH.Sn/c1-9-21-17(5)25-14-30-23(11-3)19(7)27(35-30)16-32-24(12-4)20(8)28(36-32)15-31-22(10-2)18(6)26(34-31)13-29(21)33-25;;;;/h13-16,33H,9-12H2,1-8H3;1H3;2*1H;/q-1;;;;+3/p-2. The van der Waals surface area contributed by atoms with Crippen molar-refractivity contribution >= 4 is 64.2 Å². The quantitative estimate of drug-likeness (QED) is 0.280. The Morgan fingerprint density at radius 1 is 0.650 bits per heavy atom. The van der Waals surface area contributed by atoms with E-state index >= 15 is 5.73 Å². The number of H-pyrrole nitrogens is 1. The van der Waals surface area contributed by atoms with Gasteiger partial charge in [0, 0.05) is 0 Å². The van der Waals surface area contributed by atoms with Crippen molar-refractivity contribution in [3.05, 3.63) is 69.3 Å². The maximum atomic E-state index is 15.7. The molecule has 0 unspecified atom stereocenters. The number of halogens is 2. The molecule has 0 aromatic carbocycles. The molecule has 4 nitrogen and oxygen atoms in total. The molecule has 0 atom stereocenters. The van der Waals surface area contributed by atoms with Crippen LogP contribution in [-0.4, -0.2) is 37.5 Å². The summed E-state index contributed by atoms with van der Waals surface area (Å²) in [6, 6.07) is 8.10. The number of hydrogen-bond acceptors (Lipinski definition) is 2. The third-order valence-electron chi connectivity index (χ3n) is 8.77. The molecule has 0 spiro atoms. The van der Waals surface area contributed by atoms with Crippen LogP contribution in [0, 0.1) is 13.8 Å². The predicted octanol–water partition coefficient (Wildman–Crippen LogP) is 9.57. The Labute approximate surface area is 242 Å². The molecule has 0 radical (unpaired) electrons. The van der Waals surface area contributed by atoms with Gasteiger partial charge in [-0.2, -0.15) is 0 Å². The van der Waals surface area contributed by atoms with E-state index in [2.05, 4.69) is 58.7 Å². The summed E-state index contributed by atoms with van der Waals surface area (Å²) in [4.78, 5) is 15.0. The molecule has 0 aliphatic carbocycles. The number of aromatic amines is 1. The van der Waals surface area contributed by atoms with Gasteiger partial charge in [0.1, 0.15) is 0 Å². The Kier molecular flexibility index (Phi) is 7.61. The first kappa shape index (κ1) is 28.8. The van der Waals surface area contributed by atoms with Gasteiger partial charge in [0.2, 0.25) is 0 Å². The second-order valence-corrected chi connectivity index (χ2v) is 17.2. The van der Waals surface area contributed by atoms with E-state index in [1.807, 2.05) is 26.0 Å². The van der Waals surface area contributed by atoms with Crippen LogP contribution in [0.5, 0.6) is 0 Å². The number of allylic oxidation sites excluding steroid dienone is 4. The van der Waals surface area contributed by atoms with Crippen molar-refractivity contribution in [1.82, 2.24) is 17.7 Å². The summed E-state index contributed by atoms with van der Waals surface area (Å²) in [5.41, 5.74) is 15.4. The monoisotopic (exact) mass is 650 g/mol. The van der Waals surface area contributed by atoms with Crippen LogP contribution in [0.25, 0.3) is 44.4 Å². The molecule has 2 aliphatic rings. The summed E-state index contributed by atoms with van der Waals surface area (Å²) in [5.74, 6) is 0. The molecule has 2 aliphatic heterocycles. The van der Waals surface area contributed by atoms with Gasteiger partial charge in [-0.3, -0.25) is 0 Å². The number of nitrogens with one attached hydrogen (secondary N) is 1. The fraction of sp³-hybridized carbons (Fsp3) is 0.394. The van der Waals surface area contributed by atoms with E-state index < -0.39 is 19.8 Å². The Balaban J connectivity index is 2.09. The van der Waals surface area contributed by atoms with Crippen LogP contribution >= 0.6 is 0 Å². The third-order valence-corrected chi connectivity index (χ3v) is 12.4. The van der Waals surface area contributed by atoms with Crippen molar-refractivity contribution in [3.8, 4) is 0 Å². The molecule has 210 valence electrons. The van der Waals surface area contributed by atoms with Crippen LogP contribution in [0.2, 0.25) is 4.94 Å². The van der Waals surface area contributed by atoms with Crippen LogP contribution in [0.1, 0.15) is 99.4 Å². The fourth-order valence-electron chi connectivity index (χ4n) is 6.58. The van der Waals surface area contributed by atoms with Gasteiger partial charge in [-0.25, -0.2) is 0 Å². The number of hydrogen-bond donors (Lipinski definition) is 1. The molecule has 7 heteroatoms. The Morgan fingerprint density at radius 2 is 1.15 bits per heavy atom. The van der Waals surface area contributed by atoms with Crippen molar-refractivity contribution in [2.45, 2.75) is 86.0 Å². The van der Waals surface area contributed by atoms with E-state index in [9.17, 15) is 0 Å². The van der Waals surface area contributed by atoms with Crippen LogP contribution < -0.4 is 0 Å². The van der Waals surface area contributed by atoms with Crippen molar-refractivity contribution in [1.29, 1.82) is 0 Å². The molecular weight excluding hydrogens is 609 g/mol. The molecule has 3 aromatic heterocycles. The number of rotatable bonds is 5.